The van der Waals surface area contributed by atoms with Crippen LogP contribution in [0.5, 0.6) is 0 Å². The standard InChI is InChI=1S/C24H28N2O6/c1-24(2,22(29)30)14-26-21(28)11-15(27)12-25-23(31)32-13-20-18-9-5-3-7-16(18)17-8-4-6-10-19(17)20/h3-10,15,20,27H,11-14H2,1-2H3,(H,25,31)(H,26,28)(H,29,30). The molecule has 0 fully saturated rings. The van der Waals surface area contributed by atoms with Gasteiger partial charge in [0.05, 0.1) is 17.9 Å². The molecule has 4 N–H and O–H groups in total. The highest BCUT2D eigenvalue weighted by Gasteiger charge is 2.29. The molecule has 3 rings (SSSR count). The Balaban J connectivity index is 1.45. The van der Waals surface area contributed by atoms with Crippen LogP contribution in [0.4, 0.5) is 4.79 Å². The molecule has 2 aromatic carbocycles. The lowest BCUT2D eigenvalue weighted by atomic mass is 9.94. The normalized spacial score (nSPS) is 13.6. The molecule has 8 nitrogen and oxygen atoms in total. The number of aliphatic carboxylic acids is 1. The number of amides is 2. The van der Waals surface area contributed by atoms with Gasteiger partial charge in [0, 0.05) is 19.0 Å². The molecule has 0 radical (unpaired) electrons. The lowest BCUT2D eigenvalue weighted by Crippen LogP contribution is -2.41. The Hall–Kier alpha value is -3.39. The number of alkyl carbamates (subject to hydrolysis) is 1. The van der Waals surface area contributed by atoms with E-state index in [1.165, 1.54) is 13.8 Å². The van der Waals surface area contributed by atoms with Crippen LogP contribution >= 0.6 is 0 Å². The summed E-state index contributed by atoms with van der Waals surface area (Å²) in [5.74, 6) is -1.60. The summed E-state index contributed by atoms with van der Waals surface area (Å²) in [6, 6.07) is 16.0. The molecule has 0 saturated heterocycles. The summed E-state index contributed by atoms with van der Waals surface area (Å²) < 4.78 is 5.39. The van der Waals surface area contributed by atoms with Crippen LogP contribution in [-0.2, 0) is 14.3 Å². The molecular weight excluding hydrogens is 412 g/mol. The van der Waals surface area contributed by atoms with Gasteiger partial charge >= 0.3 is 12.1 Å². The first-order valence-electron chi connectivity index (χ1n) is 10.5. The number of carboxylic acids is 1. The minimum atomic E-state index is -1.12. The van der Waals surface area contributed by atoms with Crippen molar-refractivity contribution >= 4 is 18.0 Å². The van der Waals surface area contributed by atoms with Gasteiger partial charge in [0.25, 0.3) is 0 Å². The van der Waals surface area contributed by atoms with Gasteiger partial charge in [0.2, 0.25) is 5.91 Å². The van der Waals surface area contributed by atoms with Gasteiger partial charge in [0.1, 0.15) is 6.61 Å². The number of aliphatic hydroxyl groups excluding tert-OH is 1. The minimum Gasteiger partial charge on any atom is -0.481 e. The molecule has 32 heavy (non-hydrogen) atoms. The van der Waals surface area contributed by atoms with E-state index in [0.29, 0.717) is 0 Å². The van der Waals surface area contributed by atoms with E-state index in [1.54, 1.807) is 0 Å². The molecule has 0 saturated carbocycles. The maximum absolute atomic E-state index is 12.1. The Morgan fingerprint density at radius 2 is 1.56 bits per heavy atom. The Morgan fingerprint density at radius 1 is 1.00 bits per heavy atom. The van der Waals surface area contributed by atoms with Crippen molar-refractivity contribution in [2.45, 2.75) is 32.3 Å². The highest BCUT2D eigenvalue weighted by Crippen LogP contribution is 2.44. The summed E-state index contributed by atoms with van der Waals surface area (Å²) in [6.07, 6.45) is -2.07. The Kier molecular flexibility index (Phi) is 7.15. The quantitative estimate of drug-likeness (QED) is 0.475. The summed E-state index contributed by atoms with van der Waals surface area (Å²) in [4.78, 5) is 35.1. The number of benzene rings is 2. The number of ether oxygens (including phenoxy) is 1. The van der Waals surface area contributed by atoms with Crippen molar-refractivity contribution in [2.75, 3.05) is 19.7 Å². The number of carboxylic acid groups (broad SMARTS) is 1. The van der Waals surface area contributed by atoms with Gasteiger partial charge in [-0.3, -0.25) is 9.59 Å². The number of hydrogen-bond acceptors (Lipinski definition) is 5. The lowest BCUT2D eigenvalue weighted by Gasteiger charge is -2.20. The zero-order valence-corrected chi connectivity index (χ0v) is 18.1. The van der Waals surface area contributed by atoms with E-state index in [0.717, 1.165) is 22.3 Å². The topological polar surface area (TPSA) is 125 Å². The van der Waals surface area contributed by atoms with E-state index in [4.69, 9.17) is 9.84 Å². The molecule has 0 bridgehead atoms. The smallest absolute Gasteiger partial charge is 0.407 e. The van der Waals surface area contributed by atoms with Gasteiger partial charge < -0.3 is 25.6 Å². The third-order valence-corrected chi connectivity index (χ3v) is 5.55. The second-order valence-electron chi connectivity index (χ2n) is 8.53. The van der Waals surface area contributed by atoms with Gasteiger partial charge in [-0.1, -0.05) is 48.5 Å². The van der Waals surface area contributed by atoms with E-state index in [2.05, 4.69) is 10.6 Å². The molecule has 1 aliphatic carbocycles. The average Bonchev–Trinajstić information content (AvgIpc) is 3.08. The van der Waals surface area contributed by atoms with Crippen LogP contribution in [-0.4, -0.2) is 54.0 Å². The number of aliphatic hydroxyl groups is 1. The highest BCUT2D eigenvalue weighted by molar-refractivity contribution is 5.80. The van der Waals surface area contributed by atoms with Gasteiger partial charge in [-0.05, 0) is 36.1 Å². The predicted octanol–water partition coefficient (Wildman–Crippen LogP) is 2.50. The molecule has 2 aromatic rings. The van der Waals surface area contributed by atoms with Crippen LogP contribution in [0.15, 0.2) is 48.5 Å². The summed E-state index contributed by atoms with van der Waals surface area (Å²) in [5, 5.41) is 24.0. The molecule has 8 heteroatoms. The van der Waals surface area contributed by atoms with Crippen LogP contribution in [0.25, 0.3) is 11.1 Å². The lowest BCUT2D eigenvalue weighted by molar-refractivity contribution is -0.146. The zero-order chi connectivity index (χ0) is 23.3. The van der Waals surface area contributed by atoms with E-state index in [9.17, 15) is 19.5 Å². The number of carbonyl (C=O) groups excluding carboxylic acids is 2. The largest absolute Gasteiger partial charge is 0.481 e. The van der Waals surface area contributed by atoms with Crippen LogP contribution in [0, 0.1) is 5.41 Å². The molecule has 1 unspecified atom stereocenters. The Morgan fingerprint density at radius 3 is 2.12 bits per heavy atom. The number of nitrogens with one attached hydrogen (secondary N) is 2. The highest BCUT2D eigenvalue weighted by atomic mass is 16.5. The molecule has 0 heterocycles. The molecule has 170 valence electrons. The van der Waals surface area contributed by atoms with Crippen molar-refractivity contribution in [3.8, 4) is 11.1 Å². The Labute approximate surface area is 186 Å². The van der Waals surface area contributed by atoms with E-state index >= 15 is 0 Å². The first-order chi connectivity index (χ1) is 15.2. The molecular formula is C24H28N2O6. The van der Waals surface area contributed by atoms with Crippen molar-refractivity contribution in [1.29, 1.82) is 0 Å². The van der Waals surface area contributed by atoms with E-state index < -0.39 is 29.5 Å². The summed E-state index contributed by atoms with van der Waals surface area (Å²) in [5.41, 5.74) is 3.35. The van der Waals surface area contributed by atoms with E-state index in [-0.39, 0.29) is 32.0 Å². The first kappa shape index (κ1) is 23.3. The number of rotatable bonds is 9. The van der Waals surface area contributed by atoms with Crippen LogP contribution in [0.2, 0.25) is 0 Å². The SMILES string of the molecule is CC(C)(CNC(=O)CC(O)CNC(=O)OCC1c2ccccc2-c2ccccc21)C(=O)O. The van der Waals surface area contributed by atoms with Crippen LogP contribution < -0.4 is 10.6 Å². The van der Waals surface area contributed by atoms with Crippen molar-refractivity contribution in [3.63, 3.8) is 0 Å². The van der Waals surface area contributed by atoms with Gasteiger partial charge in [0.15, 0.2) is 0 Å². The maximum atomic E-state index is 12.1. The number of fused-ring (bicyclic) bond motifs is 3. The minimum absolute atomic E-state index is 0.0618. The second-order valence-corrected chi connectivity index (χ2v) is 8.53. The predicted molar refractivity (Wildman–Crippen MR) is 118 cm³/mol. The first-order valence-corrected chi connectivity index (χ1v) is 10.5. The fourth-order valence-electron chi connectivity index (χ4n) is 3.60. The fraction of sp³-hybridized carbons (Fsp3) is 0.375. The van der Waals surface area contributed by atoms with Gasteiger partial charge in [-0.25, -0.2) is 4.79 Å². The third-order valence-electron chi connectivity index (χ3n) is 5.55. The van der Waals surface area contributed by atoms with Crippen molar-refractivity contribution in [2.24, 2.45) is 5.41 Å². The average molecular weight is 440 g/mol. The molecule has 1 aliphatic rings. The van der Waals surface area contributed by atoms with Crippen LogP contribution in [0.3, 0.4) is 0 Å². The number of hydrogen-bond donors (Lipinski definition) is 4. The van der Waals surface area contributed by atoms with Gasteiger partial charge in [-0.15, -0.1) is 0 Å². The van der Waals surface area contributed by atoms with Crippen molar-refractivity contribution in [1.82, 2.24) is 10.6 Å². The second kappa shape index (κ2) is 9.82. The van der Waals surface area contributed by atoms with Crippen molar-refractivity contribution < 1.29 is 29.3 Å². The third kappa shape index (κ3) is 5.45. The maximum Gasteiger partial charge on any atom is 0.407 e. The summed E-state index contributed by atoms with van der Waals surface area (Å²) >= 11 is 0. The summed E-state index contributed by atoms with van der Waals surface area (Å²) in [7, 11) is 0. The zero-order valence-electron chi connectivity index (χ0n) is 18.1. The summed E-state index contributed by atoms with van der Waals surface area (Å²) in [6.45, 7) is 2.91. The van der Waals surface area contributed by atoms with E-state index in [1.807, 2.05) is 48.5 Å². The molecule has 2 amide bonds. The molecule has 0 spiro atoms. The Bertz CT molecular complexity index is 958. The number of carbonyl (C=O) groups is 3. The monoisotopic (exact) mass is 440 g/mol. The molecule has 0 aromatic heterocycles. The van der Waals surface area contributed by atoms with Gasteiger partial charge in [-0.2, -0.15) is 0 Å². The fourth-order valence-corrected chi connectivity index (χ4v) is 3.60. The van der Waals surface area contributed by atoms with Crippen LogP contribution in [0.1, 0.15) is 37.3 Å². The van der Waals surface area contributed by atoms with Crippen molar-refractivity contribution in [3.05, 3.63) is 59.7 Å². The molecule has 0 aliphatic heterocycles. The molecule has 1 atom stereocenters.